The zero-order valence-electron chi connectivity index (χ0n) is 17.9. The van der Waals surface area contributed by atoms with E-state index in [4.69, 9.17) is 23.2 Å². The van der Waals surface area contributed by atoms with Crippen LogP contribution < -0.4 is 10.0 Å². The molecule has 0 radical (unpaired) electrons. The van der Waals surface area contributed by atoms with E-state index in [-0.39, 0.29) is 24.3 Å². The summed E-state index contributed by atoms with van der Waals surface area (Å²) in [6.45, 7) is 0.174. The number of benzene rings is 3. The van der Waals surface area contributed by atoms with Crippen LogP contribution in [0.1, 0.15) is 18.4 Å². The standard InChI is InChI=1S/C24H22Cl2N2O5S/c25-20-11-6-16(14-21(20)26)15-27-23(29)13-12-22(24(30)31)28-34(32,33)19-9-7-18(8-10-19)17-4-2-1-3-5-17/h1-11,14,22,28H,12-13,15H2,(H,27,29)(H,30,31)/t22-/m0/s1. The van der Waals surface area contributed by atoms with E-state index in [1.807, 2.05) is 30.3 Å². The molecule has 3 aromatic carbocycles. The van der Waals surface area contributed by atoms with Crippen LogP contribution >= 0.6 is 23.2 Å². The quantitative estimate of drug-likeness (QED) is 0.364. The van der Waals surface area contributed by atoms with Gasteiger partial charge >= 0.3 is 5.97 Å². The molecular formula is C24H22Cl2N2O5S. The van der Waals surface area contributed by atoms with Gasteiger partial charge in [0, 0.05) is 13.0 Å². The van der Waals surface area contributed by atoms with Crippen LogP contribution in [0, 0.1) is 0 Å². The van der Waals surface area contributed by atoms with Crippen molar-refractivity contribution in [3.63, 3.8) is 0 Å². The predicted molar refractivity (Wildman–Crippen MR) is 131 cm³/mol. The van der Waals surface area contributed by atoms with Crippen molar-refractivity contribution in [2.45, 2.75) is 30.3 Å². The molecule has 0 aliphatic heterocycles. The Labute approximate surface area is 207 Å². The third-order valence-electron chi connectivity index (χ3n) is 5.00. The molecule has 34 heavy (non-hydrogen) atoms. The molecule has 0 aromatic heterocycles. The van der Waals surface area contributed by atoms with Gasteiger partial charge < -0.3 is 10.4 Å². The van der Waals surface area contributed by atoms with Gasteiger partial charge in [-0.3, -0.25) is 9.59 Å². The van der Waals surface area contributed by atoms with Crippen LogP contribution in [0.2, 0.25) is 10.0 Å². The van der Waals surface area contributed by atoms with Gasteiger partial charge in [0.2, 0.25) is 15.9 Å². The molecule has 1 atom stereocenters. The third kappa shape index (κ3) is 7.04. The molecule has 3 aromatic rings. The van der Waals surface area contributed by atoms with Crippen LogP contribution in [0.5, 0.6) is 0 Å². The summed E-state index contributed by atoms with van der Waals surface area (Å²) in [7, 11) is -4.11. The van der Waals surface area contributed by atoms with E-state index in [2.05, 4.69) is 10.0 Å². The second-order valence-corrected chi connectivity index (χ2v) is 9.99. The lowest BCUT2D eigenvalue weighted by Gasteiger charge is -2.15. The van der Waals surface area contributed by atoms with Gasteiger partial charge in [0.25, 0.3) is 0 Å². The van der Waals surface area contributed by atoms with Crippen molar-refractivity contribution in [3.8, 4) is 11.1 Å². The van der Waals surface area contributed by atoms with E-state index in [0.717, 1.165) is 16.7 Å². The van der Waals surface area contributed by atoms with Crippen LogP contribution in [0.25, 0.3) is 11.1 Å². The Morgan fingerprint density at radius 1 is 0.882 bits per heavy atom. The summed E-state index contributed by atoms with van der Waals surface area (Å²) in [5, 5.41) is 12.9. The van der Waals surface area contributed by atoms with Gasteiger partial charge in [-0.25, -0.2) is 8.42 Å². The molecule has 0 unspecified atom stereocenters. The number of sulfonamides is 1. The lowest BCUT2D eigenvalue weighted by Crippen LogP contribution is -2.41. The van der Waals surface area contributed by atoms with E-state index in [0.29, 0.717) is 10.0 Å². The maximum Gasteiger partial charge on any atom is 0.321 e. The number of halogens is 2. The van der Waals surface area contributed by atoms with Crippen molar-refractivity contribution >= 4 is 45.1 Å². The van der Waals surface area contributed by atoms with Gasteiger partial charge in [-0.2, -0.15) is 4.72 Å². The van der Waals surface area contributed by atoms with Crippen LogP contribution in [0.4, 0.5) is 0 Å². The van der Waals surface area contributed by atoms with Gasteiger partial charge in [-0.15, -0.1) is 0 Å². The van der Waals surface area contributed by atoms with Crippen LogP contribution in [0.15, 0.2) is 77.7 Å². The van der Waals surface area contributed by atoms with E-state index >= 15 is 0 Å². The number of carboxylic acid groups (broad SMARTS) is 1. The fourth-order valence-corrected chi connectivity index (χ4v) is 4.70. The fraction of sp³-hybridized carbons (Fsp3) is 0.167. The third-order valence-corrected chi connectivity index (χ3v) is 7.23. The average Bonchev–Trinajstić information content (AvgIpc) is 2.83. The smallest absolute Gasteiger partial charge is 0.321 e. The molecule has 0 aliphatic carbocycles. The van der Waals surface area contributed by atoms with Crippen LogP contribution in [-0.2, 0) is 26.2 Å². The zero-order valence-corrected chi connectivity index (χ0v) is 20.2. The predicted octanol–water partition coefficient (Wildman–Crippen LogP) is 4.49. The zero-order chi connectivity index (χ0) is 24.7. The largest absolute Gasteiger partial charge is 0.480 e. The summed E-state index contributed by atoms with van der Waals surface area (Å²) in [6, 6.07) is 19.0. The molecule has 0 heterocycles. The van der Waals surface area contributed by atoms with E-state index < -0.39 is 27.9 Å². The molecule has 0 spiro atoms. The highest BCUT2D eigenvalue weighted by atomic mass is 35.5. The first-order chi connectivity index (χ1) is 16.2. The van der Waals surface area contributed by atoms with Crippen LogP contribution in [0.3, 0.4) is 0 Å². The molecule has 0 bridgehead atoms. The van der Waals surface area contributed by atoms with E-state index in [1.54, 1.807) is 30.3 Å². The minimum Gasteiger partial charge on any atom is -0.480 e. The van der Waals surface area contributed by atoms with Crippen molar-refractivity contribution in [3.05, 3.63) is 88.4 Å². The lowest BCUT2D eigenvalue weighted by molar-refractivity contribution is -0.139. The van der Waals surface area contributed by atoms with Crippen molar-refractivity contribution in [2.24, 2.45) is 0 Å². The number of hydrogen-bond acceptors (Lipinski definition) is 4. The first-order valence-corrected chi connectivity index (χ1v) is 12.5. The number of hydrogen-bond donors (Lipinski definition) is 3. The first-order valence-electron chi connectivity index (χ1n) is 10.3. The number of carbonyl (C=O) groups excluding carboxylic acids is 1. The van der Waals surface area contributed by atoms with Crippen molar-refractivity contribution in [1.29, 1.82) is 0 Å². The Morgan fingerprint density at radius 3 is 2.15 bits per heavy atom. The summed E-state index contributed by atoms with van der Waals surface area (Å²) >= 11 is 11.8. The number of aliphatic carboxylic acids is 1. The molecule has 3 N–H and O–H groups in total. The molecule has 0 saturated heterocycles. The maximum atomic E-state index is 12.7. The number of rotatable bonds is 10. The molecule has 0 fully saturated rings. The highest BCUT2D eigenvalue weighted by Crippen LogP contribution is 2.23. The maximum absolute atomic E-state index is 12.7. The molecule has 7 nitrogen and oxygen atoms in total. The molecule has 1 amide bonds. The Balaban J connectivity index is 1.58. The number of nitrogens with one attached hydrogen (secondary N) is 2. The summed E-state index contributed by atoms with van der Waals surface area (Å²) < 4.78 is 27.6. The Morgan fingerprint density at radius 2 is 1.53 bits per heavy atom. The summed E-state index contributed by atoms with van der Waals surface area (Å²) in [5.41, 5.74) is 2.47. The Kier molecular flexibility index (Phi) is 8.68. The first kappa shape index (κ1) is 25.7. The average molecular weight is 521 g/mol. The normalized spacial score (nSPS) is 12.2. The Bertz CT molecular complexity index is 1270. The summed E-state index contributed by atoms with van der Waals surface area (Å²) in [5.74, 6) is -1.80. The molecule has 178 valence electrons. The molecule has 0 aliphatic rings. The summed E-state index contributed by atoms with van der Waals surface area (Å²) in [6.07, 6.45) is -0.405. The van der Waals surface area contributed by atoms with E-state index in [1.165, 1.54) is 12.1 Å². The van der Waals surface area contributed by atoms with Gasteiger partial charge in [0.05, 0.1) is 14.9 Å². The second-order valence-electron chi connectivity index (χ2n) is 7.47. The SMILES string of the molecule is O=C(CC[C@H](NS(=O)(=O)c1ccc(-c2ccccc2)cc1)C(=O)O)NCc1ccc(Cl)c(Cl)c1. The van der Waals surface area contributed by atoms with Gasteiger partial charge in [-0.1, -0.05) is 71.7 Å². The number of amides is 1. The monoisotopic (exact) mass is 520 g/mol. The molecule has 10 heteroatoms. The minimum atomic E-state index is -4.11. The second kappa shape index (κ2) is 11.5. The van der Waals surface area contributed by atoms with Crippen molar-refractivity contribution < 1.29 is 23.1 Å². The summed E-state index contributed by atoms with van der Waals surface area (Å²) in [4.78, 5) is 23.7. The van der Waals surface area contributed by atoms with Gasteiger partial charge in [-0.05, 0) is 47.4 Å². The highest BCUT2D eigenvalue weighted by Gasteiger charge is 2.26. The topological polar surface area (TPSA) is 113 Å². The Hall–Kier alpha value is -2.91. The number of carbonyl (C=O) groups is 2. The minimum absolute atomic E-state index is 0.0671. The molecule has 3 rings (SSSR count). The molecular weight excluding hydrogens is 499 g/mol. The van der Waals surface area contributed by atoms with Crippen molar-refractivity contribution in [1.82, 2.24) is 10.0 Å². The highest BCUT2D eigenvalue weighted by molar-refractivity contribution is 7.89. The van der Waals surface area contributed by atoms with Crippen molar-refractivity contribution in [2.75, 3.05) is 0 Å². The van der Waals surface area contributed by atoms with Gasteiger partial charge in [0.1, 0.15) is 6.04 Å². The number of carboxylic acids is 1. The fourth-order valence-electron chi connectivity index (χ4n) is 3.16. The van der Waals surface area contributed by atoms with Gasteiger partial charge in [0.15, 0.2) is 0 Å². The lowest BCUT2D eigenvalue weighted by atomic mass is 10.1. The van der Waals surface area contributed by atoms with E-state index in [9.17, 15) is 23.1 Å². The van der Waals surface area contributed by atoms with Crippen LogP contribution in [-0.4, -0.2) is 31.4 Å². The molecule has 0 saturated carbocycles.